The van der Waals surface area contributed by atoms with Crippen LogP contribution in [0.2, 0.25) is 0 Å². The number of ketones is 1. The highest BCUT2D eigenvalue weighted by atomic mass is 32.1. The third-order valence-corrected chi connectivity index (χ3v) is 3.30. The molecule has 0 N–H and O–H groups in total. The summed E-state index contributed by atoms with van der Waals surface area (Å²) in [5.41, 5.74) is 2.94. The van der Waals surface area contributed by atoms with Crippen LogP contribution in [-0.4, -0.2) is 18.6 Å². The Morgan fingerprint density at radius 1 is 1.11 bits per heavy atom. The first-order valence-corrected chi connectivity index (χ1v) is 6.72. The van der Waals surface area contributed by atoms with Gasteiger partial charge in [0, 0.05) is 5.56 Å². The van der Waals surface area contributed by atoms with Crippen molar-refractivity contribution >= 4 is 18.4 Å². The number of Topliss-reactive ketones (excluding diaryl/α,β-unsaturated/α-hetero) is 1. The second-order valence-corrected chi connectivity index (χ2v) is 4.58. The summed E-state index contributed by atoms with van der Waals surface area (Å²) in [5, 5.41) is 0. The predicted molar refractivity (Wildman–Crippen MR) is 80.4 cm³/mol. The smallest absolute Gasteiger partial charge is 0.172 e. The summed E-state index contributed by atoms with van der Waals surface area (Å²) >= 11 is 4.06. The average Bonchev–Trinajstić information content (AvgIpc) is 2.48. The Morgan fingerprint density at radius 2 is 1.79 bits per heavy atom. The van der Waals surface area contributed by atoms with Crippen molar-refractivity contribution in [1.29, 1.82) is 0 Å². The highest BCUT2D eigenvalue weighted by Crippen LogP contribution is 2.18. The summed E-state index contributed by atoms with van der Waals surface area (Å²) in [6.07, 6.45) is 0.736. The SMILES string of the molecule is COc1ccc(Cc2ccccc2C(=O)CS)cc1. The van der Waals surface area contributed by atoms with Crippen LogP contribution < -0.4 is 4.74 Å². The number of ether oxygens (including phenoxy) is 1. The van der Waals surface area contributed by atoms with Crippen LogP contribution in [0.25, 0.3) is 0 Å². The minimum atomic E-state index is 0.0624. The normalized spacial score (nSPS) is 10.2. The molecule has 0 unspecified atom stereocenters. The first kappa shape index (κ1) is 13.7. The van der Waals surface area contributed by atoms with Gasteiger partial charge in [0.1, 0.15) is 5.75 Å². The lowest BCUT2D eigenvalue weighted by Crippen LogP contribution is -2.05. The fourth-order valence-electron chi connectivity index (χ4n) is 1.99. The van der Waals surface area contributed by atoms with Crippen molar-refractivity contribution in [1.82, 2.24) is 0 Å². The van der Waals surface area contributed by atoms with Gasteiger partial charge in [0.05, 0.1) is 12.9 Å². The molecular weight excluding hydrogens is 256 g/mol. The van der Waals surface area contributed by atoms with E-state index in [4.69, 9.17) is 4.74 Å². The first-order chi connectivity index (χ1) is 9.24. The fourth-order valence-corrected chi connectivity index (χ4v) is 2.17. The molecule has 19 heavy (non-hydrogen) atoms. The topological polar surface area (TPSA) is 26.3 Å². The van der Waals surface area contributed by atoms with Crippen molar-refractivity contribution in [2.45, 2.75) is 6.42 Å². The van der Waals surface area contributed by atoms with Crippen LogP contribution in [0.4, 0.5) is 0 Å². The summed E-state index contributed by atoms with van der Waals surface area (Å²) in [5.74, 6) is 1.13. The van der Waals surface area contributed by atoms with Gasteiger partial charge in [-0.1, -0.05) is 36.4 Å². The average molecular weight is 272 g/mol. The van der Waals surface area contributed by atoms with E-state index in [0.717, 1.165) is 28.9 Å². The van der Waals surface area contributed by atoms with E-state index in [2.05, 4.69) is 12.6 Å². The van der Waals surface area contributed by atoms with Crippen molar-refractivity contribution in [2.24, 2.45) is 0 Å². The monoisotopic (exact) mass is 272 g/mol. The van der Waals surface area contributed by atoms with Gasteiger partial charge >= 0.3 is 0 Å². The van der Waals surface area contributed by atoms with Crippen LogP contribution in [0.5, 0.6) is 5.75 Å². The lowest BCUT2D eigenvalue weighted by atomic mass is 9.98. The van der Waals surface area contributed by atoms with Gasteiger partial charge in [-0.05, 0) is 29.7 Å². The number of benzene rings is 2. The van der Waals surface area contributed by atoms with E-state index in [1.807, 2.05) is 48.5 Å². The second-order valence-electron chi connectivity index (χ2n) is 4.26. The van der Waals surface area contributed by atoms with Gasteiger partial charge in [-0.3, -0.25) is 4.79 Å². The zero-order valence-electron chi connectivity index (χ0n) is 10.8. The molecule has 0 saturated carbocycles. The minimum absolute atomic E-state index is 0.0624. The van der Waals surface area contributed by atoms with Crippen LogP contribution in [0.1, 0.15) is 21.5 Å². The molecule has 0 aliphatic rings. The molecule has 2 aromatic carbocycles. The Labute approximate surface area is 118 Å². The molecule has 3 heteroatoms. The van der Waals surface area contributed by atoms with Gasteiger partial charge in [-0.2, -0.15) is 12.6 Å². The van der Waals surface area contributed by atoms with E-state index in [-0.39, 0.29) is 11.5 Å². The van der Waals surface area contributed by atoms with Gasteiger partial charge in [0.25, 0.3) is 0 Å². The molecule has 0 heterocycles. The maximum atomic E-state index is 11.8. The van der Waals surface area contributed by atoms with Crippen LogP contribution >= 0.6 is 12.6 Å². The molecule has 98 valence electrons. The Bertz CT molecular complexity index is 561. The van der Waals surface area contributed by atoms with Crippen molar-refractivity contribution in [3.05, 3.63) is 65.2 Å². The third-order valence-electron chi connectivity index (χ3n) is 3.02. The number of hydrogen-bond donors (Lipinski definition) is 1. The fraction of sp³-hybridized carbons (Fsp3) is 0.188. The van der Waals surface area contributed by atoms with E-state index in [1.54, 1.807) is 7.11 Å². The van der Waals surface area contributed by atoms with E-state index in [0.29, 0.717) is 0 Å². The number of carbonyl (C=O) groups excluding carboxylic acids is 1. The number of methoxy groups -OCH3 is 1. The molecule has 0 aliphatic heterocycles. The van der Waals surface area contributed by atoms with Crippen molar-refractivity contribution < 1.29 is 9.53 Å². The zero-order chi connectivity index (χ0) is 13.7. The Balaban J connectivity index is 2.25. The molecule has 2 aromatic rings. The lowest BCUT2D eigenvalue weighted by molar-refractivity contribution is 0.102. The molecule has 0 saturated heterocycles. The standard InChI is InChI=1S/C16H16O2S/c1-18-14-8-6-12(7-9-14)10-13-4-2-3-5-15(13)16(17)11-19/h2-9,19H,10-11H2,1H3. The number of thiol groups is 1. The van der Waals surface area contributed by atoms with Gasteiger partial charge in [0.15, 0.2) is 5.78 Å². The Kier molecular flexibility index (Phi) is 4.63. The molecule has 0 amide bonds. The molecule has 0 spiro atoms. The number of rotatable bonds is 5. The molecule has 0 radical (unpaired) electrons. The second kappa shape index (κ2) is 6.43. The summed E-state index contributed by atoms with van der Waals surface area (Å²) in [6, 6.07) is 15.6. The van der Waals surface area contributed by atoms with Crippen LogP contribution in [0, 0.1) is 0 Å². The summed E-state index contributed by atoms with van der Waals surface area (Å²) in [4.78, 5) is 11.8. The molecular formula is C16H16O2S. The van der Waals surface area contributed by atoms with E-state index < -0.39 is 0 Å². The summed E-state index contributed by atoms with van der Waals surface area (Å²) < 4.78 is 5.13. The van der Waals surface area contributed by atoms with Gasteiger partial charge in [0.2, 0.25) is 0 Å². The molecule has 0 bridgehead atoms. The molecule has 0 aliphatic carbocycles. The van der Waals surface area contributed by atoms with Crippen LogP contribution in [-0.2, 0) is 6.42 Å². The van der Waals surface area contributed by atoms with E-state index >= 15 is 0 Å². The quantitative estimate of drug-likeness (QED) is 0.667. The third kappa shape index (κ3) is 3.38. The molecule has 0 aromatic heterocycles. The largest absolute Gasteiger partial charge is 0.497 e. The van der Waals surface area contributed by atoms with Crippen molar-refractivity contribution in [3.63, 3.8) is 0 Å². The Hall–Kier alpha value is -1.74. The molecule has 2 rings (SSSR count). The highest BCUT2D eigenvalue weighted by molar-refractivity contribution is 7.81. The summed E-state index contributed by atoms with van der Waals surface area (Å²) in [6.45, 7) is 0. The van der Waals surface area contributed by atoms with Crippen LogP contribution in [0.3, 0.4) is 0 Å². The lowest BCUT2D eigenvalue weighted by Gasteiger charge is -2.08. The Morgan fingerprint density at radius 3 is 2.42 bits per heavy atom. The van der Waals surface area contributed by atoms with Crippen molar-refractivity contribution in [3.8, 4) is 5.75 Å². The predicted octanol–water partition coefficient (Wildman–Crippen LogP) is 3.40. The first-order valence-electron chi connectivity index (χ1n) is 6.09. The number of hydrogen-bond acceptors (Lipinski definition) is 3. The van der Waals surface area contributed by atoms with E-state index in [1.165, 1.54) is 0 Å². The number of carbonyl (C=O) groups is 1. The maximum absolute atomic E-state index is 11.8. The molecule has 0 fully saturated rings. The van der Waals surface area contributed by atoms with Crippen molar-refractivity contribution in [2.75, 3.05) is 12.9 Å². The zero-order valence-corrected chi connectivity index (χ0v) is 11.7. The van der Waals surface area contributed by atoms with E-state index in [9.17, 15) is 4.79 Å². The van der Waals surface area contributed by atoms with Gasteiger partial charge < -0.3 is 4.74 Å². The maximum Gasteiger partial charge on any atom is 0.172 e. The van der Waals surface area contributed by atoms with Gasteiger partial charge in [-0.25, -0.2) is 0 Å². The molecule has 0 atom stereocenters. The van der Waals surface area contributed by atoms with Gasteiger partial charge in [-0.15, -0.1) is 0 Å². The van der Waals surface area contributed by atoms with Crippen LogP contribution in [0.15, 0.2) is 48.5 Å². The minimum Gasteiger partial charge on any atom is -0.497 e. The highest BCUT2D eigenvalue weighted by Gasteiger charge is 2.09. The summed E-state index contributed by atoms with van der Waals surface area (Å²) in [7, 11) is 1.65. The molecule has 2 nitrogen and oxygen atoms in total.